The number of hydrogen-bond acceptors (Lipinski definition) is 2. The Labute approximate surface area is 91.6 Å². The minimum absolute atomic E-state index is 0.385. The van der Waals surface area contributed by atoms with E-state index >= 15 is 0 Å². The van der Waals surface area contributed by atoms with Gasteiger partial charge in [-0.15, -0.1) is 0 Å². The average molecular weight is 221 g/mol. The highest BCUT2D eigenvalue weighted by atomic mass is 32.2. The van der Waals surface area contributed by atoms with Gasteiger partial charge in [-0.05, 0) is 18.2 Å². The summed E-state index contributed by atoms with van der Waals surface area (Å²) in [6.07, 6.45) is 1.75. The molecule has 1 fully saturated rings. The van der Waals surface area contributed by atoms with Crippen molar-refractivity contribution in [3.05, 3.63) is 30.5 Å². The second kappa shape index (κ2) is 3.91. The molecule has 1 aromatic heterocycles. The average Bonchev–Trinajstić information content (AvgIpc) is 2.77. The summed E-state index contributed by atoms with van der Waals surface area (Å²) in [7, 11) is 0.385. The second-order valence-corrected chi connectivity index (χ2v) is 5.91. The zero-order valence-electron chi connectivity index (χ0n) is 8.44. The minimum Gasteiger partial charge on any atom is -0.464 e. The molecule has 1 aliphatic rings. The van der Waals surface area contributed by atoms with Crippen LogP contribution in [0.2, 0.25) is 0 Å². The number of ether oxygens (including phenoxy) is 1. The molecule has 2 heterocycles. The fourth-order valence-corrected chi connectivity index (χ4v) is 3.75. The molecule has 2 aromatic rings. The third-order valence-electron chi connectivity index (χ3n) is 2.71. The third-order valence-corrected chi connectivity index (χ3v) is 4.94. The fraction of sp³-hybridized carbons (Fsp3) is 0.333. The van der Waals surface area contributed by atoms with Gasteiger partial charge in [-0.3, -0.25) is 0 Å². The summed E-state index contributed by atoms with van der Waals surface area (Å²) in [6.45, 7) is 1.82. The highest BCUT2D eigenvalue weighted by Crippen LogP contribution is 2.23. The maximum atomic E-state index is 5.38. The van der Waals surface area contributed by atoms with Gasteiger partial charge in [0.2, 0.25) is 0 Å². The van der Waals surface area contributed by atoms with Crippen LogP contribution in [0.25, 0.3) is 11.0 Å². The van der Waals surface area contributed by atoms with Gasteiger partial charge in [0.1, 0.15) is 17.1 Å². The van der Waals surface area contributed by atoms with Crippen LogP contribution in [0.4, 0.5) is 0 Å². The normalized spacial score (nSPS) is 18.4. The molecule has 1 aromatic carbocycles. The molecule has 3 heteroatoms. The summed E-state index contributed by atoms with van der Waals surface area (Å²) in [5.41, 5.74) is 0.982. The van der Waals surface area contributed by atoms with Crippen LogP contribution in [0.5, 0.6) is 0 Å². The first-order valence-corrected chi connectivity index (χ1v) is 6.72. The van der Waals surface area contributed by atoms with Gasteiger partial charge in [0, 0.05) is 22.3 Å². The minimum atomic E-state index is 0.385. The van der Waals surface area contributed by atoms with Gasteiger partial charge >= 0.3 is 0 Å². The summed E-state index contributed by atoms with van der Waals surface area (Å²) >= 11 is 0. The van der Waals surface area contributed by atoms with E-state index in [-0.39, 0.29) is 0 Å². The molecule has 15 heavy (non-hydrogen) atoms. The quantitative estimate of drug-likeness (QED) is 0.690. The van der Waals surface area contributed by atoms with E-state index in [1.165, 1.54) is 21.8 Å². The summed E-state index contributed by atoms with van der Waals surface area (Å²) in [5, 5.41) is 1.21. The number of hydrogen-bond donors (Lipinski definition) is 0. The van der Waals surface area contributed by atoms with Crippen LogP contribution in [0.1, 0.15) is 0 Å². The van der Waals surface area contributed by atoms with Crippen LogP contribution in [-0.4, -0.2) is 24.7 Å². The molecule has 0 N–H and O–H groups in total. The monoisotopic (exact) mass is 221 g/mol. The van der Waals surface area contributed by atoms with Gasteiger partial charge in [0.25, 0.3) is 0 Å². The van der Waals surface area contributed by atoms with Gasteiger partial charge < -0.3 is 9.15 Å². The van der Waals surface area contributed by atoms with Crippen molar-refractivity contribution in [2.75, 3.05) is 24.7 Å². The van der Waals surface area contributed by atoms with E-state index in [4.69, 9.17) is 9.15 Å². The molecule has 0 unspecified atom stereocenters. The Kier molecular flexibility index (Phi) is 2.43. The summed E-state index contributed by atoms with van der Waals surface area (Å²) < 4.78 is 10.7. The SMILES string of the molecule is c1cc2cc([S+]3CCOCC3)ccc2o1. The molecule has 2 nitrogen and oxygen atoms in total. The summed E-state index contributed by atoms with van der Waals surface area (Å²) in [5.74, 6) is 2.34. The standard InChI is InChI=1S/C12H13O2S/c1-2-12-10(3-4-14-12)9-11(1)15-7-5-13-6-8-15/h1-4,9H,5-8H2/q+1. The largest absolute Gasteiger partial charge is 0.464 e. The third kappa shape index (κ3) is 1.77. The van der Waals surface area contributed by atoms with Crippen LogP contribution in [0.3, 0.4) is 0 Å². The van der Waals surface area contributed by atoms with E-state index < -0.39 is 0 Å². The maximum absolute atomic E-state index is 5.38. The Morgan fingerprint density at radius 1 is 1.07 bits per heavy atom. The first-order valence-electron chi connectivity index (χ1n) is 5.16. The van der Waals surface area contributed by atoms with E-state index in [0.717, 1.165) is 18.8 Å². The molecule has 0 radical (unpaired) electrons. The van der Waals surface area contributed by atoms with Crippen LogP contribution in [0.15, 0.2) is 39.8 Å². The summed E-state index contributed by atoms with van der Waals surface area (Å²) in [4.78, 5) is 1.45. The predicted molar refractivity (Wildman–Crippen MR) is 62.4 cm³/mol. The van der Waals surface area contributed by atoms with Crippen LogP contribution < -0.4 is 0 Å². The summed E-state index contributed by atoms with van der Waals surface area (Å²) in [6, 6.07) is 8.56. The van der Waals surface area contributed by atoms with Crippen LogP contribution in [0, 0.1) is 0 Å². The van der Waals surface area contributed by atoms with Crippen molar-refractivity contribution >= 4 is 21.9 Å². The zero-order chi connectivity index (χ0) is 10.1. The molecule has 0 atom stereocenters. The predicted octanol–water partition coefficient (Wildman–Crippen LogP) is 2.44. The van der Waals surface area contributed by atoms with Crippen molar-refractivity contribution in [3.63, 3.8) is 0 Å². The molecule has 0 amide bonds. The number of rotatable bonds is 1. The Morgan fingerprint density at radius 3 is 2.80 bits per heavy atom. The van der Waals surface area contributed by atoms with E-state index in [1.54, 1.807) is 6.26 Å². The van der Waals surface area contributed by atoms with E-state index in [0.29, 0.717) is 10.9 Å². The second-order valence-electron chi connectivity index (χ2n) is 3.63. The molecule has 3 rings (SSSR count). The lowest BCUT2D eigenvalue weighted by Crippen LogP contribution is -2.26. The topological polar surface area (TPSA) is 22.4 Å². The molecule has 0 aliphatic carbocycles. The molecule has 78 valence electrons. The lowest BCUT2D eigenvalue weighted by molar-refractivity contribution is 0.159. The Bertz CT molecular complexity index is 457. The number of benzene rings is 1. The molecular formula is C12H13O2S+. The van der Waals surface area contributed by atoms with Gasteiger partial charge in [-0.25, -0.2) is 0 Å². The molecule has 0 bridgehead atoms. The molecule has 1 saturated heterocycles. The Morgan fingerprint density at radius 2 is 1.93 bits per heavy atom. The smallest absolute Gasteiger partial charge is 0.155 e. The van der Waals surface area contributed by atoms with E-state index in [1.807, 2.05) is 6.07 Å². The van der Waals surface area contributed by atoms with Gasteiger partial charge in [-0.1, -0.05) is 0 Å². The van der Waals surface area contributed by atoms with Crippen molar-refractivity contribution in [3.8, 4) is 0 Å². The molecule has 1 aliphatic heterocycles. The number of furan rings is 1. The Hall–Kier alpha value is -0.930. The molecule has 0 saturated carbocycles. The zero-order valence-corrected chi connectivity index (χ0v) is 9.26. The van der Waals surface area contributed by atoms with Gasteiger partial charge in [0.05, 0.1) is 19.5 Å². The van der Waals surface area contributed by atoms with E-state index in [9.17, 15) is 0 Å². The van der Waals surface area contributed by atoms with E-state index in [2.05, 4.69) is 18.2 Å². The lowest BCUT2D eigenvalue weighted by Gasteiger charge is -2.13. The maximum Gasteiger partial charge on any atom is 0.155 e. The highest BCUT2D eigenvalue weighted by Gasteiger charge is 2.25. The van der Waals surface area contributed by atoms with Crippen molar-refractivity contribution < 1.29 is 9.15 Å². The van der Waals surface area contributed by atoms with Crippen molar-refractivity contribution in [2.24, 2.45) is 0 Å². The van der Waals surface area contributed by atoms with Crippen molar-refractivity contribution in [1.29, 1.82) is 0 Å². The first kappa shape index (κ1) is 9.31. The van der Waals surface area contributed by atoms with Crippen molar-refractivity contribution in [2.45, 2.75) is 4.90 Å². The van der Waals surface area contributed by atoms with Crippen LogP contribution >= 0.6 is 0 Å². The van der Waals surface area contributed by atoms with Crippen LogP contribution in [-0.2, 0) is 15.6 Å². The Balaban J connectivity index is 1.95. The van der Waals surface area contributed by atoms with Gasteiger partial charge in [0.15, 0.2) is 4.90 Å². The number of fused-ring (bicyclic) bond motifs is 1. The van der Waals surface area contributed by atoms with Crippen molar-refractivity contribution in [1.82, 2.24) is 0 Å². The van der Waals surface area contributed by atoms with Gasteiger partial charge in [-0.2, -0.15) is 0 Å². The fourth-order valence-electron chi connectivity index (χ4n) is 1.88. The first-order chi connectivity index (χ1) is 7.43. The molecular weight excluding hydrogens is 208 g/mol. The highest BCUT2D eigenvalue weighted by molar-refractivity contribution is 7.97. The lowest BCUT2D eigenvalue weighted by atomic mass is 10.3. The molecule has 0 spiro atoms.